The van der Waals surface area contributed by atoms with Crippen LogP contribution in [0.15, 0.2) is 25.9 Å². The van der Waals surface area contributed by atoms with Gasteiger partial charge in [0.2, 0.25) is 0 Å². The van der Waals surface area contributed by atoms with Crippen LogP contribution in [0.3, 0.4) is 0 Å². The highest BCUT2D eigenvalue weighted by molar-refractivity contribution is 9.10. The molecule has 62 valence electrons. The van der Waals surface area contributed by atoms with E-state index in [-0.39, 0.29) is 5.28 Å². The molecule has 0 aromatic carbocycles. The Kier molecular flexibility index (Phi) is 1.90. The zero-order valence-corrected chi connectivity index (χ0v) is 7.96. The maximum atomic E-state index is 5.46. The third-order valence-electron chi connectivity index (χ3n) is 1.22. The van der Waals surface area contributed by atoms with Gasteiger partial charge < -0.3 is 8.94 Å². The predicted molar refractivity (Wildman–Crippen MR) is 44.7 cm³/mol. The lowest BCUT2D eigenvalue weighted by Crippen LogP contribution is -1.69. The molecule has 2 aromatic heterocycles. The van der Waals surface area contributed by atoms with Crippen LogP contribution in [0.4, 0.5) is 0 Å². The van der Waals surface area contributed by atoms with Gasteiger partial charge in [-0.2, -0.15) is 4.98 Å². The fourth-order valence-corrected chi connectivity index (χ4v) is 1.20. The van der Waals surface area contributed by atoms with E-state index in [4.69, 9.17) is 20.5 Å². The molecule has 0 amide bonds. The minimum Gasteiger partial charge on any atom is -0.457 e. The molecule has 0 unspecified atom stereocenters. The van der Waals surface area contributed by atoms with Gasteiger partial charge in [0.05, 0.1) is 5.56 Å². The molecule has 2 aromatic rings. The van der Waals surface area contributed by atoms with E-state index in [1.807, 2.05) is 0 Å². The fourth-order valence-electron chi connectivity index (χ4n) is 0.745. The van der Waals surface area contributed by atoms with Crippen molar-refractivity contribution in [2.75, 3.05) is 0 Å². The van der Waals surface area contributed by atoms with Gasteiger partial charge in [-0.3, -0.25) is 0 Å². The summed E-state index contributed by atoms with van der Waals surface area (Å²) < 4.78 is 10.4. The maximum Gasteiger partial charge on any atom is 0.264 e. The Hall–Kier alpha value is -0.810. The summed E-state index contributed by atoms with van der Waals surface area (Å²) in [5.74, 6) is 0.342. The Bertz CT molecular complexity index is 359. The number of rotatable bonds is 1. The molecule has 0 atom stereocenters. The van der Waals surface area contributed by atoms with Gasteiger partial charge in [-0.05, 0) is 32.7 Å². The van der Waals surface area contributed by atoms with Crippen LogP contribution in [0.2, 0.25) is 5.28 Å². The SMILES string of the molecule is Clc1noc(-c2coc(Br)c2)n1. The molecule has 0 saturated heterocycles. The summed E-state index contributed by atoms with van der Waals surface area (Å²) in [5, 5.41) is 3.51. The van der Waals surface area contributed by atoms with Gasteiger partial charge in [0.25, 0.3) is 11.2 Å². The molecule has 0 spiro atoms. The van der Waals surface area contributed by atoms with Crippen molar-refractivity contribution in [3.05, 3.63) is 22.3 Å². The molecule has 0 aliphatic rings. The Balaban J connectivity index is 2.43. The smallest absolute Gasteiger partial charge is 0.264 e. The quantitative estimate of drug-likeness (QED) is 0.780. The molecule has 0 bridgehead atoms. The normalized spacial score (nSPS) is 10.5. The molecule has 0 saturated carbocycles. The van der Waals surface area contributed by atoms with Crippen molar-refractivity contribution >= 4 is 27.5 Å². The van der Waals surface area contributed by atoms with E-state index in [1.54, 1.807) is 6.07 Å². The van der Waals surface area contributed by atoms with Gasteiger partial charge in [0.15, 0.2) is 4.67 Å². The van der Waals surface area contributed by atoms with Gasteiger partial charge in [-0.25, -0.2) is 0 Å². The average Bonchev–Trinajstić information content (AvgIpc) is 2.58. The molecule has 0 aliphatic heterocycles. The highest BCUT2D eigenvalue weighted by Gasteiger charge is 2.09. The van der Waals surface area contributed by atoms with E-state index >= 15 is 0 Å². The van der Waals surface area contributed by atoms with Crippen molar-refractivity contribution in [2.24, 2.45) is 0 Å². The summed E-state index contributed by atoms with van der Waals surface area (Å²) in [5.41, 5.74) is 0.696. The largest absolute Gasteiger partial charge is 0.457 e. The average molecular weight is 249 g/mol. The second kappa shape index (κ2) is 2.91. The third kappa shape index (κ3) is 1.37. The van der Waals surface area contributed by atoms with Crippen molar-refractivity contribution in [1.29, 1.82) is 0 Å². The number of furan rings is 1. The lowest BCUT2D eigenvalue weighted by Gasteiger charge is -1.79. The van der Waals surface area contributed by atoms with Gasteiger partial charge in [0, 0.05) is 6.07 Å². The molecule has 2 heterocycles. The summed E-state index contributed by atoms with van der Waals surface area (Å²) in [7, 11) is 0. The highest BCUT2D eigenvalue weighted by Crippen LogP contribution is 2.23. The summed E-state index contributed by atoms with van der Waals surface area (Å²) >= 11 is 8.61. The lowest BCUT2D eigenvalue weighted by atomic mass is 10.3. The van der Waals surface area contributed by atoms with E-state index < -0.39 is 0 Å². The number of aromatic nitrogens is 2. The van der Waals surface area contributed by atoms with Crippen LogP contribution in [-0.4, -0.2) is 10.1 Å². The van der Waals surface area contributed by atoms with E-state index in [0.717, 1.165) is 0 Å². The summed E-state index contributed by atoms with van der Waals surface area (Å²) in [6, 6.07) is 1.71. The first-order valence-corrected chi connectivity index (χ1v) is 4.16. The molecule has 6 heteroatoms. The third-order valence-corrected chi connectivity index (χ3v) is 1.79. The minimum absolute atomic E-state index is 0.0855. The minimum atomic E-state index is 0.0855. The Morgan fingerprint density at radius 3 is 2.83 bits per heavy atom. The van der Waals surface area contributed by atoms with Crippen LogP contribution < -0.4 is 0 Å². The molecule has 0 fully saturated rings. The first kappa shape index (κ1) is 7.82. The molecule has 2 rings (SSSR count). The molecule has 0 aliphatic carbocycles. The van der Waals surface area contributed by atoms with Gasteiger partial charge in [-0.1, -0.05) is 0 Å². The van der Waals surface area contributed by atoms with Crippen molar-refractivity contribution in [1.82, 2.24) is 10.1 Å². The van der Waals surface area contributed by atoms with Crippen LogP contribution in [-0.2, 0) is 0 Å². The molecular weight excluding hydrogens is 247 g/mol. The Morgan fingerprint density at radius 1 is 1.50 bits per heavy atom. The van der Waals surface area contributed by atoms with E-state index in [2.05, 4.69) is 26.1 Å². The fraction of sp³-hybridized carbons (Fsp3) is 0. The Morgan fingerprint density at radius 2 is 2.33 bits per heavy atom. The maximum absolute atomic E-state index is 5.46. The monoisotopic (exact) mass is 248 g/mol. The van der Waals surface area contributed by atoms with Crippen LogP contribution in [0.1, 0.15) is 0 Å². The highest BCUT2D eigenvalue weighted by atomic mass is 79.9. The van der Waals surface area contributed by atoms with Gasteiger partial charge in [-0.15, -0.1) is 0 Å². The predicted octanol–water partition coefficient (Wildman–Crippen LogP) is 2.75. The van der Waals surface area contributed by atoms with E-state index in [0.29, 0.717) is 16.1 Å². The Labute approximate surface area is 80.6 Å². The lowest BCUT2D eigenvalue weighted by molar-refractivity contribution is 0.429. The zero-order valence-electron chi connectivity index (χ0n) is 5.62. The first-order valence-electron chi connectivity index (χ1n) is 2.99. The summed E-state index contributed by atoms with van der Waals surface area (Å²) in [6.45, 7) is 0. The van der Waals surface area contributed by atoms with Crippen LogP contribution >= 0.6 is 27.5 Å². The summed E-state index contributed by atoms with van der Waals surface area (Å²) in [4.78, 5) is 3.80. The van der Waals surface area contributed by atoms with Crippen molar-refractivity contribution in [3.63, 3.8) is 0 Å². The molecule has 12 heavy (non-hydrogen) atoms. The standard InChI is InChI=1S/C6H2BrClN2O2/c7-4-1-3(2-11-4)5-9-6(8)10-12-5/h1-2H. The molecule has 0 radical (unpaired) electrons. The van der Waals surface area contributed by atoms with E-state index in [1.165, 1.54) is 6.26 Å². The topological polar surface area (TPSA) is 52.1 Å². The van der Waals surface area contributed by atoms with Gasteiger partial charge in [0.1, 0.15) is 6.26 Å². The second-order valence-corrected chi connectivity index (χ2v) is 3.13. The number of nitrogens with zero attached hydrogens (tertiary/aromatic N) is 2. The van der Waals surface area contributed by atoms with Gasteiger partial charge >= 0.3 is 0 Å². The van der Waals surface area contributed by atoms with Crippen LogP contribution in [0, 0.1) is 0 Å². The molecule has 0 N–H and O–H groups in total. The van der Waals surface area contributed by atoms with Crippen LogP contribution in [0.5, 0.6) is 0 Å². The second-order valence-electron chi connectivity index (χ2n) is 2.01. The molecular formula is C6H2BrClN2O2. The van der Waals surface area contributed by atoms with E-state index in [9.17, 15) is 0 Å². The summed E-state index contributed by atoms with van der Waals surface area (Å²) in [6.07, 6.45) is 1.49. The number of hydrogen-bond donors (Lipinski definition) is 0. The van der Waals surface area contributed by atoms with Crippen LogP contribution in [0.25, 0.3) is 11.5 Å². The first-order chi connectivity index (χ1) is 5.75. The van der Waals surface area contributed by atoms with Crippen molar-refractivity contribution in [3.8, 4) is 11.5 Å². The zero-order chi connectivity index (χ0) is 8.55. The number of halogens is 2. The number of hydrogen-bond acceptors (Lipinski definition) is 4. The van der Waals surface area contributed by atoms with Crippen molar-refractivity contribution < 1.29 is 8.94 Å². The van der Waals surface area contributed by atoms with Crippen molar-refractivity contribution in [2.45, 2.75) is 0 Å². The molecule has 4 nitrogen and oxygen atoms in total.